The van der Waals surface area contributed by atoms with E-state index in [2.05, 4.69) is 11.0 Å². The van der Waals surface area contributed by atoms with E-state index in [-0.39, 0.29) is 10.4 Å². The fourth-order valence-corrected chi connectivity index (χ4v) is 6.54. The summed E-state index contributed by atoms with van der Waals surface area (Å²) in [7, 11) is -3.91. The minimum absolute atomic E-state index is 0.0887. The molecule has 1 aliphatic heterocycles. The summed E-state index contributed by atoms with van der Waals surface area (Å²) in [5.41, 5.74) is 0.826. The van der Waals surface area contributed by atoms with Crippen molar-refractivity contribution in [3.05, 3.63) is 77.6 Å². The first-order valence-corrected chi connectivity index (χ1v) is 12.2. The monoisotopic (exact) mass is 440 g/mol. The summed E-state index contributed by atoms with van der Waals surface area (Å²) in [5, 5.41) is 0.601. The number of likely N-dealkylation sites (tertiary alicyclic amines) is 1. The first kappa shape index (κ1) is 19.5. The summed E-state index contributed by atoms with van der Waals surface area (Å²) in [4.78, 5) is 4.74. The molecule has 0 aliphatic carbocycles. The van der Waals surface area contributed by atoms with Crippen LogP contribution in [0.5, 0.6) is 0 Å². The first-order chi connectivity index (χ1) is 14.5. The Labute approximate surface area is 179 Å². The van der Waals surface area contributed by atoms with Crippen LogP contribution in [0.15, 0.2) is 71.8 Å². The van der Waals surface area contributed by atoms with Crippen LogP contribution in [0.3, 0.4) is 0 Å². The molecular formula is C23H21FN2O2S2. The lowest BCUT2D eigenvalue weighted by molar-refractivity contribution is 0.334. The van der Waals surface area contributed by atoms with Gasteiger partial charge in [0.2, 0.25) is 0 Å². The van der Waals surface area contributed by atoms with Gasteiger partial charge in [0.15, 0.2) is 0 Å². The number of hydrogen-bond acceptors (Lipinski definition) is 4. The quantitative estimate of drug-likeness (QED) is 0.421. The highest BCUT2D eigenvalue weighted by atomic mass is 32.2. The van der Waals surface area contributed by atoms with Gasteiger partial charge < -0.3 is 0 Å². The van der Waals surface area contributed by atoms with Crippen LogP contribution in [-0.4, -0.2) is 30.4 Å². The van der Waals surface area contributed by atoms with E-state index in [0.29, 0.717) is 5.39 Å². The molecule has 0 spiro atoms. The minimum Gasteiger partial charge on any atom is -0.298 e. The van der Waals surface area contributed by atoms with Crippen molar-refractivity contribution in [2.45, 2.75) is 24.3 Å². The second-order valence-corrected chi connectivity index (χ2v) is 10.5. The molecule has 5 rings (SSSR count). The molecule has 0 saturated carbocycles. The van der Waals surface area contributed by atoms with Gasteiger partial charge in [-0.05, 0) is 56.3 Å². The number of nitrogens with zero attached hydrogens (tertiary/aromatic N) is 2. The third-order valence-corrected chi connectivity index (χ3v) is 8.33. The maximum Gasteiger partial charge on any atom is 0.268 e. The average Bonchev–Trinajstić information content (AvgIpc) is 3.49. The van der Waals surface area contributed by atoms with Crippen LogP contribution in [0.4, 0.5) is 4.39 Å². The fourth-order valence-electron chi connectivity index (χ4n) is 4.07. The van der Waals surface area contributed by atoms with Crippen LogP contribution in [0, 0.1) is 5.82 Å². The van der Waals surface area contributed by atoms with E-state index in [9.17, 15) is 12.8 Å². The highest BCUT2D eigenvalue weighted by Crippen LogP contribution is 2.38. The highest BCUT2D eigenvalue weighted by molar-refractivity contribution is 7.90. The predicted octanol–water partition coefficient (Wildman–Crippen LogP) is 5.34. The van der Waals surface area contributed by atoms with Crippen LogP contribution < -0.4 is 0 Å². The van der Waals surface area contributed by atoms with E-state index in [1.54, 1.807) is 47.9 Å². The summed E-state index contributed by atoms with van der Waals surface area (Å²) in [6, 6.07) is 17.0. The third kappa shape index (κ3) is 3.37. The molecule has 7 heteroatoms. The van der Waals surface area contributed by atoms with E-state index in [1.807, 2.05) is 6.07 Å². The van der Waals surface area contributed by atoms with Gasteiger partial charge in [-0.15, -0.1) is 11.3 Å². The van der Waals surface area contributed by atoms with Gasteiger partial charge in [0.1, 0.15) is 11.3 Å². The Morgan fingerprint density at radius 1 is 0.933 bits per heavy atom. The van der Waals surface area contributed by atoms with E-state index in [0.717, 1.165) is 34.0 Å². The molecule has 4 nitrogen and oxygen atoms in total. The zero-order valence-electron chi connectivity index (χ0n) is 16.3. The summed E-state index contributed by atoms with van der Waals surface area (Å²) >= 11 is 1.64. The second-order valence-electron chi connectivity index (χ2n) is 7.54. The number of rotatable bonds is 5. The number of fused-ring (bicyclic) bond motifs is 1. The van der Waals surface area contributed by atoms with E-state index in [4.69, 9.17) is 0 Å². The molecule has 3 heterocycles. The first-order valence-electron chi connectivity index (χ1n) is 9.96. The Bertz CT molecular complexity index is 1300. The Balaban J connectivity index is 1.63. The lowest BCUT2D eigenvalue weighted by atomic mass is 10.1. The zero-order valence-corrected chi connectivity index (χ0v) is 17.9. The van der Waals surface area contributed by atoms with Crippen molar-refractivity contribution in [1.29, 1.82) is 0 Å². The Kier molecular flexibility index (Phi) is 4.97. The van der Waals surface area contributed by atoms with Gasteiger partial charge in [-0.25, -0.2) is 16.8 Å². The number of hydrogen-bond donors (Lipinski definition) is 0. The minimum atomic E-state index is -3.91. The van der Waals surface area contributed by atoms with Gasteiger partial charge in [-0.1, -0.05) is 30.3 Å². The van der Waals surface area contributed by atoms with Crippen LogP contribution in [0.2, 0.25) is 0 Å². The number of aromatic nitrogens is 1. The van der Waals surface area contributed by atoms with Crippen LogP contribution in [0.25, 0.3) is 21.3 Å². The summed E-state index contributed by atoms with van der Waals surface area (Å²) in [6.07, 6.45) is 4.03. The Morgan fingerprint density at radius 2 is 1.70 bits per heavy atom. The summed E-state index contributed by atoms with van der Waals surface area (Å²) < 4.78 is 42.4. The van der Waals surface area contributed by atoms with Crippen molar-refractivity contribution in [1.82, 2.24) is 8.87 Å². The molecule has 2 aromatic heterocycles. The number of halogens is 1. The molecule has 1 aliphatic rings. The molecule has 0 radical (unpaired) electrons. The molecule has 4 aromatic rings. The van der Waals surface area contributed by atoms with Crippen LogP contribution >= 0.6 is 11.3 Å². The van der Waals surface area contributed by atoms with Crippen molar-refractivity contribution in [2.24, 2.45) is 0 Å². The Hall–Kier alpha value is -2.48. The molecular weight excluding hydrogens is 419 g/mol. The highest BCUT2D eigenvalue weighted by Gasteiger charge is 2.24. The average molecular weight is 441 g/mol. The summed E-state index contributed by atoms with van der Waals surface area (Å²) in [6.45, 7) is 3.14. The zero-order chi connectivity index (χ0) is 20.7. The van der Waals surface area contributed by atoms with Gasteiger partial charge in [-0.2, -0.15) is 0 Å². The van der Waals surface area contributed by atoms with Gasteiger partial charge in [0.05, 0.1) is 4.90 Å². The summed E-state index contributed by atoms with van der Waals surface area (Å²) in [5.74, 6) is -0.549. The second kappa shape index (κ2) is 7.65. The molecule has 1 fully saturated rings. The number of para-hydroxylation sites is 1. The molecule has 0 N–H and O–H groups in total. The van der Waals surface area contributed by atoms with Crippen molar-refractivity contribution < 1.29 is 12.8 Å². The smallest absolute Gasteiger partial charge is 0.268 e. The Morgan fingerprint density at radius 3 is 2.47 bits per heavy atom. The van der Waals surface area contributed by atoms with Crippen LogP contribution in [0.1, 0.15) is 17.7 Å². The lowest BCUT2D eigenvalue weighted by Gasteiger charge is -2.12. The maximum atomic E-state index is 14.8. The molecule has 0 atom stereocenters. The van der Waals surface area contributed by atoms with Crippen LogP contribution in [-0.2, 0) is 16.6 Å². The van der Waals surface area contributed by atoms with Crippen molar-refractivity contribution in [2.75, 3.05) is 13.1 Å². The SMILES string of the molecule is O=S(=O)(c1ccccc1)n1cc(-c2ccc(CN3CCCC3)s2)c2cccc(F)c21. The molecule has 0 bridgehead atoms. The van der Waals surface area contributed by atoms with Gasteiger partial charge >= 0.3 is 0 Å². The van der Waals surface area contributed by atoms with E-state index < -0.39 is 15.8 Å². The topological polar surface area (TPSA) is 42.3 Å². The largest absolute Gasteiger partial charge is 0.298 e. The maximum absolute atomic E-state index is 14.8. The molecule has 30 heavy (non-hydrogen) atoms. The van der Waals surface area contributed by atoms with Gasteiger partial charge in [0, 0.05) is 33.4 Å². The van der Waals surface area contributed by atoms with Crippen molar-refractivity contribution in [3.8, 4) is 10.4 Å². The molecule has 0 amide bonds. The van der Waals surface area contributed by atoms with Gasteiger partial charge in [-0.3, -0.25) is 4.90 Å². The number of benzene rings is 2. The molecule has 0 unspecified atom stereocenters. The predicted molar refractivity (Wildman–Crippen MR) is 119 cm³/mol. The number of thiophene rings is 1. The molecule has 2 aromatic carbocycles. The molecule has 1 saturated heterocycles. The fraction of sp³-hybridized carbons (Fsp3) is 0.217. The molecule has 154 valence electrons. The normalized spacial score (nSPS) is 15.2. The van der Waals surface area contributed by atoms with E-state index in [1.165, 1.54) is 35.9 Å². The lowest BCUT2D eigenvalue weighted by Crippen LogP contribution is -2.17. The third-order valence-electron chi connectivity index (χ3n) is 5.55. The van der Waals surface area contributed by atoms with E-state index >= 15 is 0 Å². The van der Waals surface area contributed by atoms with Crippen molar-refractivity contribution in [3.63, 3.8) is 0 Å². The van der Waals surface area contributed by atoms with Gasteiger partial charge in [0.25, 0.3) is 10.0 Å². The standard InChI is InChI=1S/C23H21FN2O2S2/c24-21-10-6-9-19-20(22-12-11-17(29-22)15-25-13-4-5-14-25)16-26(23(19)21)30(27,28)18-7-2-1-3-8-18/h1-3,6-12,16H,4-5,13-15H2. The van der Waals surface area contributed by atoms with Crippen molar-refractivity contribution >= 4 is 32.3 Å².